The Labute approximate surface area is 204 Å². The monoisotopic (exact) mass is 446 g/mol. The fraction of sp³-hybridized carbons (Fsp3) is 0.188. The van der Waals surface area contributed by atoms with E-state index in [1.54, 1.807) is 0 Å². The zero-order valence-electron chi connectivity index (χ0n) is 20.2. The fourth-order valence-electron chi connectivity index (χ4n) is 4.42. The van der Waals surface area contributed by atoms with E-state index in [9.17, 15) is 0 Å². The van der Waals surface area contributed by atoms with Gasteiger partial charge in [0, 0.05) is 23.0 Å². The van der Waals surface area contributed by atoms with Crippen molar-refractivity contribution in [2.45, 2.75) is 39.2 Å². The number of aryl methyl sites for hydroxylation is 2. The molecule has 1 aliphatic carbocycles. The molecule has 0 radical (unpaired) electrons. The van der Waals surface area contributed by atoms with E-state index in [2.05, 4.69) is 105 Å². The number of fused-ring (bicyclic) bond motifs is 1. The fourth-order valence-corrected chi connectivity index (χ4v) is 4.42. The largest absolute Gasteiger partial charge is 0.355 e. The molecule has 5 rings (SSSR count). The molecule has 4 aromatic rings. The Kier molecular flexibility index (Phi) is 7.61. The first-order valence-electron chi connectivity index (χ1n) is 12.1. The van der Waals surface area contributed by atoms with Crippen LogP contribution < -0.4 is 11.1 Å². The molecule has 0 bridgehead atoms. The van der Waals surface area contributed by atoms with E-state index in [1.165, 1.54) is 33.4 Å². The molecule has 0 amide bonds. The van der Waals surface area contributed by atoms with Crippen molar-refractivity contribution in [3.05, 3.63) is 131 Å². The van der Waals surface area contributed by atoms with Crippen molar-refractivity contribution in [2.24, 2.45) is 5.73 Å². The van der Waals surface area contributed by atoms with E-state index in [0.717, 1.165) is 36.2 Å². The molecule has 2 nitrogen and oxygen atoms in total. The molecule has 1 unspecified atom stereocenters. The average Bonchev–Trinajstić information content (AvgIpc) is 3.24. The highest BCUT2D eigenvalue weighted by atomic mass is 14.9. The SMILES string of the molecule is C=C(Nc1ccc2c(c1)CC(N)C2)c1ccccc1-c1ccc(CC)cc1.Cc1ccccc1. The van der Waals surface area contributed by atoms with Gasteiger partial charge in [-0.3, -0.25) is 0 Å². The Morgan fingerprint density at radius 2 is 1.53 bits per heavy atom. The molecule has 1 aliphatic rings. The molecule has 0 spiro atoms. The lowest BCUT2D eigenvalue weighted by Crippen LogP contribution is -2.18. The first kappa shape index (κ1) is 23.5. The van der Waals surface area contributed by atoms with Gasteiger partial charge in [-0.05, 0) is 66.1 Å². The van der Waals surface area contributed by atoms with E-state index in [0.29, 0.717) is 0 Å². The van der Waals surface area contributed by atoms with Crippen LogP contribution >= 0.6 is 0 Å². The smallest absolute Gasteiger partial charge is 0.0391 e. The Balaban J connectivity index is 0.000000336. The van der Waals surface area contributed by atoms with Crippen molar-refractivity contribution in [3.8, 4) is 11.1 Å². The summed E-state index contributed by atoms with van der Waals surface area (Å²) >= 11 is 0. The quantitative estimate of drug-likeness (QED) is 0.335. The van der Waals surface area contributed by atoms with Gasteiger partial charge in [0.05, 0.1) is 0 Å². The van der Waals surface area contributed by atoms with Gasteiger partial charge in [-0.15, -0.1) is 0 Å². The number of anilines is 1. The molecule has 1 atom stereocenters. The third-order valence-electron chi connectivity index (χ3n) is 6.33. The minimum absolute atomic E-state index is 0.255. The number of rotatable bonds is 5. The van der Waals surface area contributed by atoms with E-state index in [4.69, 9.17) is 5.73 Å². The predicted octanol–water partition coefficient (Wildman–Crippen LogP) is 7.42. The van der Waals surface area contributed by atoms with Crippen molar-refractivity contribution >= 4 is 11.4 Å². The van der Waals surface area contributed by atoms with Crippen LogP contribution in [0.3, 0.4) is 0 Å². The van der Waals surface area contributed by atoms with Crippen molar-refractivity contribution in [1.82, 2.24) is 0 Å². The summed E-state index contributed by atoms with van der Waals surface area (Å²) in [5, 5.41) is 3.50. The lowest BCUT2D eigenvalue weighted by Gasteiger charge is -2.15. The Bertz CT molecular complexity index is 1240. The topological polar surface area (TPSA) is 38.0 Å². The minimum Gasteiger partial charge on any atom is -0.355 e. The first-order chi connectivity index (χ1) is 16.5. The van der Waals surface area contributed by atoms with Gasteiger partial charge in [0.2, 0.25) is 0 Å². The van der Waals surface area contributed by atoms with Gasteiger partial charge in [0.1, 0.15) is 0 Å². The predicted molar refractivity (Wildman–Crippen MR) is 147 cm³/mol. The first-order valence-corrected chi connectivity index (χ1v) is 12.1. The number of benzene rings is 4. The summed E-state index contributed by atoms with van der Waals surface area (Å²) in [7, 11) is 0. The van der Waals surface area contributed by atoms with Crippen molar-refractivity contribution < 1.29 is 0 Å². The number of hydrogen-bond acceptors (Lipinski definition) is 2. The lowest BCUT2D eigenvalue weighted by atomic mass is 9.96. The molecule has 0 saturated carbocycles. The number of nitrogens with two attached hydrogens (primary N) is 1. The van der Waals surface area contributed by atoms with E-state index >= 15 is 0 Å². The molecule has 0 aliphatic heterocycles. The molecular weight excluding hydrogens is 412 g/mol. The summed E-state index contributed by atoms with van der Waals surface area (Å²) in [4.78, 5) is 0. The van der Waals surface area contributed by atoms with Crippen LogP contribution in [-0.4, -0.2) is 6.04 Å². The molecule has 0 heterocycles. The molecule has 2 heteroatoms. The summed E-state index contributed by atoms with van der Waals surface area (Å²) in [5.74, 6) is 0. The highest BCUT2D eigenvalue weighted by molar-refractivity contribution is 5.85. The van der Waals surface area contributed by atoms with E-state index in [-0.39, 0.29) is 6.04 Å². The second-order valence-corrected chi connectivity index (χ2v) is 9.01. The normalized spacial score (nSPS) is 14.0. The molecule has 0 aromatic heterocycles. The maximum atomic E-state index is 6.09. The summed E-state index contributed by atoms with van der Waals surface area (Å²) in [6, 6.07) is 34.3. The summed E-state index contributed by atoms with van der Waals surface area (Å²) in [6.07, 6.45) is 2.99. The van der Waals surface area contributed by atoms with Crippen LogP contribution in [0.25, 0.3) is 16.8 Å². The molecule has 3 N–H and O–H groups in total. The third kappa shape index (κ3) is 5.84. The maximum Gasteiger partial charge on any atom is 0.0391 e. The molecular formula is C32H34N2. The van der Waals surface area contributed by atoms with Crippen LogP contribution in [0.2, 0.25) is 0 Å². The Hall–Kier alpha value is -3.62. The van der Waals surface area contributed by atoms with Gasteiger partial charge < -0.3 is 11.1 Å². The van der Waals surface area contributed by atoms with Gasteiger partial charge in [-0.25, -0.2) is 0 Å². The van der Waals surface area contributed by atoms with Crippen LogP contribution in [0, 0.1) is 6.92 Å². The van der Waals surface area contributed by atoms with Crippen LogP contribution in [0.15, 0.2) is 104 Å². The maximum absolute atomic E-state index is 6.09. The van der Waals surface area contributed by atoms with Crippen LogP contribution in [-0.2, 0) is 19.3 Å². The van der Waals surface area contributed by atoms with Gasteiger partial charge in [0.25, 0.3) is 0 Å². The zero-order valence-corrected chi connectivity index (χ0v) is 20.2. The molecule has 34 heavy (non-hydrogen) atoms. The second-order valence-electron chi connectivity index (χ2n) is 9.01. The van der Waals surface area contributed by atoms with E-state index in [1.807, 2.05) is 18.2 Å². The van der Waals surface area contributed by atoms with Gasteiger partial charge in [-0.2, -0.15) is 0 Å². The number of nitrogens with one attached hydrogen (secondary N) is 1. The lowest BCUT2D eigenvalue weighted by molar-refractivity contribution is 0.721. The molecule has 172 valence electrons. The van der Waals surface area contributed by atoms with Gasteiger partial charge in [0.15, 0.2) is 0 Å². The van der Waals surface area contributed by atoms with Gasteiger partial charge in [-0.1, -0.05) is 104 Å². The number of hydrogen-bond donors (Lipinski definition) is 2. The van der Waals surface area contributed by atoms with Crippen molar-refractivity contribution in [3.63, 3.8) is 0 Å². The molecule has 0 saturated heterocycles. The van der Waals surface area contributed by atoms with Crippen molar-refractivity contribution in [1.29, 1.82) is 0 Å². The van der Waals surface area contributed by atoms with Crippen LogP contribution in [0.5, 0.6) is 0 Å². The summed E-state index contributed by atoms with van der Waals surface area (Å²) < 4.78 is 0. The summed E-state index contributed by atoms with van der Waals surface area (Å²) in [5.41, 5.74) is 17.0. The molecule has 0 fully saturated rings. The second kappa shape index (κ2) is 11.0. The highest BCUT2D eigenvalue weighted by Crippen LogP contribution is 2.31. The standard InChI is InChI=1S/C25H26N2.C7H8/c1-3-18-8-10-19(11-9-18)25-7-5-4-6-24(25)17(2)27-23-13-12-20-14-22(26)15-21(20)16-23;1-7-5-3-2-4-6-7/h4-13,16,22,27H,2-3,14-15,26H2,1H3;2-6H,1H3. The average molecular weight is 447 g/mol. The summed E-state index contributed by atoms with van der Waals surface area (Å²) in [6.45, 7) is 8.57. The van der Waals surface area contributed by atoms with Crippen LogP contribution in [0.1, 0.15) is 34.7 Å². The van der Waals surface area contributed by atoms with Gasteiger partial charge >= 0.3 is 0 Å². The molecule has 4 aromatic carbocycles. The van der Waals surface area contributed by atoms with Crippen molar-refractivity contribution in [2.75, 3.05) is 5.32 Å². The Morgan fingerprint density at radius 1 is 0.853 bits per heavy atom. The van der Waals surface area contributed by atoms with E-state index < -0.39 is 0 Å². The minimum atomic E-state index is 0.255. The Morgan fingerprint density at radius 3 is 2.21 bits per heavy atom. The highest BCUT2D eigenvalue weighted by Gasteiger charge is 2.18. The van der Waals surface area contributed by atoms with Crippen LogP contribution in [0.4, 0.5) is 5.69 Å². The third-order valence-corrected chi connectivity index (χ3v) is 6.33. The zero-order chi connectivity index (χ0) is 23.9.